The number of carboxylic acids is 4. The highest BCUT2D eigenvalue weighted by atomic mass is 16.4. The van der Waals surface area contributed by atoms with E-state index < -0.39 is 50.1 Å². The molecule has 220 valence electrons. The molecule has 0 aromatic rings. The molecule has 0 fully saturated rings. The quantitative estimate of drug-likeness (QED) is 0.101. The van der Waals surface area contributed by atoms with Gasteiger partial charge in [0.2, 0.25) is 5.91 Å². The summed E-state index contributed by atoms with van der Waals surface area (Å²) in [4.78, 5) is 61.1. The maximum Gasteiger partial charge on any atom is 0.317 e. The lowest BCUT2D eigenvalue weighted by Crippen LogP contribution is -2.47. The number of carboxylic acid groups (broad SMARTS) is 4. The zero-order chi connectivity index (χ0) is 28.9. The zero-order valence-corrected chi connectivity index (χ0v) is 22.8. The average Bonchev–Trinajstić information content (AvgIpc) is 2.79. The Morgan fingerprint density at radius 1 is 0.605 bits per heavy atom. The maximum absolute atomic E-state index is 12.7. The molecule has 0 aliphatic heterocycles. The van der Waals surface area contributed by atoms with Gasteiger partial charge in [-0.15, -0.1) is 0 Å². The molecule has 5 N–H and O–H groups in total. The minimum Gasteiger partial charge on any atom is -0.480 e. The Kier molecular flexibility index (Phi) is 19.6. The normalized spacial score (nSPS) is 12.1. The fourth-order valence-electron chi connectivity index (χ4n) is 3.95. The standard InChI is InChI=1S/C25H46N4O9/c1-3-4-5-6-7-8-9-20(2)14-26-21(30)15-27(10-12-28(16-22(31)32)17-23(33)34)11-13-29(18-24(35)36)19-25(37)38/h20H,3-19H2,1-2H3,(H,26,30)(H,31,32)(H,33,34)(H,35,36)(H,37,38). The zero-order valence-electron chi connectivity index (χ0n) is 22.8. The Labute approximate surface area is 224 Å². The van der Waals surface area contributed by atoms with Crippen molar-refractivity contribution in [2.75, 3.05) is 65.4 Å². The number of aliphatic carboxylic acids is 4. The highest BCUT2D eigenvalue weighted by molar-refractivity contribution is 5.78. The van der Waals surface area contributed by atoms with Gasteiger partial charge >= 0.3 is 23.9 Å². The van der Waals surface area contributed by atoms with Crippen molar-refractivity contribution in [3.8, 4) is 0 Å². The Balaban J connectivity index is 4.99. The molecule has 0 bridgehead atoms. The Bertz CT molecular complexity index is 664. The number of carbonyl (C=O) groups excluding carboxylic acids is 1. The smallest absolute Gasteiger partial charge is 0.317 e. The van der Waals surface area contributed by atoms with Crippen molar-refractivity contribution in [3.63, 3.8) is 0 Å². The number of nitrogens with zero attached hydrogens (tertiary/aromatic N) is 3. The molecule has 1 atom stereocenters. The summed E-state index contributed by atoms with van der Waals surface area (Å²) >= 11 is 0. The summed E-state index contributed by atoms with van der Waals surface area (Å²) in [6.45, 7) is 3.03. The van der Waals surface area contributed by atoms with E-state index in [0.29, 0.717) is 12.5 Å². The van der Waals surface area contributed by atoms with Crippen LogP contribution in [0.2, 0.25) is 0 Å². The minimum absolute atomic E-state index is 0.0399. The fraction of sp³-hybridized carbons (Fsp3) is 0.800. The highest BCUT2D eigenvalue weighted by Gasteiger charge is 2.19. The number of amides is 1. The summed E-state index contributed by atoms with van der Waals surface area (Å²) in [6.07, 6.45) is 8.16. The van der Waals surface area contributed by atoms with E-state index >= 15 is 0 Å². The molecule has 1 unspecified atom stereocenters. The molecule has 0 spiro atoms. The molecule has 13 heteroatoms. The topological polar surface area (TPSA) is 188 Å². The molecule has 1 amide bonds. The molecule has 0 radical (unpaired) electrons. The monoisotopic (exact) mass is 546 g/mol. The SMILES string of the molecule is CCCCCCCCC(C)CNC(=O)CN(CCN(CC(=O)O)CC(=O)O)CCN(CC(=O)O)CC(=O)O. The number of hydrogen-bond donors (Lipinski definition) is 5. The van der Waals surface area contributed by atoms with E-state index in [9.17, 15) is 24.0 Å². The van der Waals surface area contributed by atoms with Gasteiger partial charge in [-0.25, -0.2) is 0 Å². The molecule has 13 nitrogen and oxygen atoms in total. The lowest BCUT2D eigenvalue weighted by molar-refractivity contribution is -0.143. The van der Waals surface area contributed by atoms with E-state index in [4.69, 9.17) is 20.4 Å². The summed E-state index contributed by atoms with van der Waals surface area (Å²) in [7, 11) is 0. The van der Waals surface area contributed by atoms with Crippen molar-refractivity contribution < 1.29 is 44.4 Å². The van der Waals surface area contributed by atoms with Gasteiger partial charge in [-0.1, -0.05) is 52.4 Å². The molecule has 0 saturated carbocycles. The van der Waals surface area contributed by atoms with E-state index in [1.807, 2.05) is 0 Å². The van der Waals surface area contributed by atoms with Crippen LogP contribution in [0.1, 0.15) is 58.8 Å². The third-order valence-electron chi connectivity index (χ3n) is 5.97. The second kappa shape index (κ2) is 21.2. The van der Waals surface area contributed by atoms with E-state index in [2.05, 4.69) is 19.2 Å². The second-order valence-electron chi connectivity index (χ2n) is 9.74. The fourth-order valence-corrected chi connectivity index (χ4v) is 3.95. The molecular formula is C25H46N4O9. The molecule has 0 rings (SSSR count). The first-order chi connectivity index (χ1) is 17.9. The van der Waals surface area contributed by atoms with Crippen LogP contribution in [0.15, 0.2) is 0 Å². The van der Waals surface area contributed by atoms with Crippen molar-refractivity contribution >= 4 is 29.8 Å². The second-order valence-corrected chi connectivity index (χ2v) is 9.74. The predicted molar refractivity (Wildman–Crippen MR) is 140 cm³/mol. The van der Waals surface area contributed by atoms with E-state index in [0.717, 1.165) is 12.8 Å². The van der Waals surface area contributed by atoms with Gasteiger partial charge < -0.3 is 25.7 Å². The van der Waals surface area contributed by atoms with Crippen molar-refractivity contribution in [3.05, 3.63) is 0 Å². The summed E-state index contributed by atoms with van der Waals surface area (Å²) < 4.78 is 0. The van der Waals surface area contributed by atoms with Crippen molar-refractivity contribution in [1.82, 2.24) is 20.0 Å². The van der Waals surface area contributed by atoms with Crippen molar-refractivity contribution in [2.24, 2.45) is 5.92 Å². The highest BCUT2D eigenvalue weighted by Crippen LogP contribution is 2.11. The Morgan fingerprint density at radius 3 is 1.42 bits per heavy atom. The van der Waals surface area contributed by atoms with Gasteiger partial charge in [-0.3, -0.25) is 38.7 Å². The molecule has 38 heavy (non-hydrogen) atoms. The van der Waals surface area contributed by atoms with Crippen LogP contribution in [0.4, 0.5) is 0 Å². The van der Waals surface area contributed by atoms with Crippen molar-refractivity contribution in [1.29, 1.82) is 0 Å². The van der Waals surface area contributed by atoms with E-state index in [1.165, 1.54) is 41.9 Å². The Morgan fingerprint density at radius 2 is 1.00 bits per heavy atom. The number of hydrogen-bond acceptors (Lipinski definition) is 8. The average molecular weight is 547 g/mol. The molecule has 0 saturated heterocycles. The predicted octanol–water partition coefficient (Wildman–Crippen LogP) is 0.734. The first-order valence-electron chi connectivity index (χ1n) is 13.2. The maximum atomic E-state index is 12.7. The van der Waals surface area contributed by atoms with Gasteiger partial charge in [-0.05, 0) is 12.3 Å². The first kappa shape index (κ1) is 35.2. The summed E-state index contributed by atoms with van der Waals surface area (Å²) in [6, 6.07) is 0. The minimum atomic E-state index is -1.19. The largest absolute Gasteiger partial charge is 0.480 e. The molecule has 0 aromatic carbocycles. The lowest BCUT2D eigenvalue weighted by Gasteiger charge is -2.28. The third-order valence-corrected chi connectivity index (χ3v) is 5.97. The van der Waals surface area contributed by atoms with Gasteiger partial charge in [-0.2, -0.15) is 0 Å². The number of unbranched alkanes of at least 4 members (excludes halogenated alkanes) is 5. The van der Waals surface area contributed by atoms with Gasteiger partial charge in [0.1, 0.15) is 0 Å². The van der Waals surface area contributed by atoms with Crippen LogP contribution < -0.4 is 5.32 Å². The van der Waals surface area contributed by atoms with Gasteiger partial charge in [0.05, 0.1) is 32.7 Å². The van der Waals surface area contributed by atoms with E-state index in [1.54, 1.807) is 4.90 Å². The van der Waals surface area contributed by atoms with Gasteiger partial charge in [0, 0.05) is 32.7 Å². The Hall–Kier alpha value is -2.77. The van der Waals surface area contributed by atoms with Crippen LogP contribution in [-0.2, 0) is 24.0 Å². The lowest BCUT2D eigenvalue weighted by atomic mass is 10.0. The van der Waals surface area contributed by atoms with Crippen LogP contribution in [0.3, 0.4) is 0 Å². The number of carbonyl (C=O) groups is 5. The molecule has 0 aliphatic carbocycles. The number of rotatable bonds is 25. The third kappa shape index (κ3) is 21.3. The number of nitrogens with one attached hydrogen (secondary N) is 1. The summed E-state index contributed by atoms with van der Waals surface area (Å²) in [5, 5.41) is 39.1. The van der Waals surface area contributed by atoms with E-state index in [-0.39, 0.29) is 38.6 Å². The van der Waals surface area contributed by atoms with Crippen LogP contribution in [0.25, 0.3) is 0 Å². The van der Waals surface area contributed by atoms with Gasteiger partial charge in [0.25, 0.3) is 0 Å². The van der Waals surface area contributed by atoms with Crippen LogP contribution in [-0.4, -0.2) is 130 Å². The van der Waals surface area contributed by atoms with Crippen LogP contribution in [0.5, 0.6) is 0 Å². The summed E-state index contributed by atoms with van der Waals surface area (Å²) in [5.74, 6) is -4.74. The molecular weight excluding hydrogens is 500 g/mol. The van der Waals surface area contributed by atoms with Gasteiger partial charge in [0.15, 0.2) is 0 Å². The summed E-state index contributed by atoms with van der Waals surface area (Å²) in [5.41, 5.74) is 0. The molecule has 0 aromatic heterocycles. The van der Waals surface area contributed by atoms with Crippen LogP contribution in [0, 0.1) is 5.92 Å². The molecule has 0 heterocycles. The molecule has 0 aliphatic rings. The van der Waals surface area contributed by atoms with Crippen LogP contribution >= 0.6 is 0 Å². The van der Waals surface area contributed by atoms with Crippen molar-refractivity contribution in [2.45, 2.75) is 58.8 Å². The first-order valence-corrected chi connectivity index (χ1v) is 13.2.